The number of halogens is 3. The first-order chi connectivity index (χ1) is 20.5. The third kappa shape index (κ3) is 6.36. The second kappa shape index (κ2) is 12.3. The smallest absolute Gasteiger partial charge is 0.351 e. The Hall–Kier alpha value is -3.99. The van der Waals surface area contributed by atoms with E-state index in [4.69, 9.17) is 5.26 Å². The highest BCUT2D eigenvalue weighted by molar-refractivity contribution is 7.19. The van der Waals surface area contributed by atoms with E-state index in [-0.39, 0.29) is 48.5 Å². The summed E-state index contributed by atoms with van der Waals surface area (Å²) >= 11 is 1.49. The van der Waals surface area contributed by atoms with Crippen molar-refractivity contribution in [2.24, 2.45) is 17.8 Å². The molecule has 2 aliphatic rings. The van der Waals surface area contributed by atoms with E-state index in [1.807, 2.05) is 0 Å². The van der Waals surface area contributed by atoms with Crippen LogP contribution in [0.4, 0.5) is 24.7 Å². The molecule has 1 fully saturated rings. The topological polar surface area (TPSA) is 144 Å². The Morgan fingerprint density at radius 3 is 2.74 bits per heavy atom. The van der Waals surface area contributed by atoms with Crippen molar-refractivity contribution in [3.63, 3.8) is 0 Å². The van der Waals surface area contributed by atoms with Crippen LogP contribution in [0.2, 0.25) is 0 Å². The third-order valence-corrected chi connectivity index (χ3v) is 9.33. The summed E-state index contributed by atoms with van der Waals surface area (Å²) in [6, 6.07) is 3.70. The van der Waals surface area contributed by atoms with Gasteiger partial charge < -0.3 is 20.5 Å². The van der Waals surface area contributed by atoms with E-state index in [2.05, 4.69) is 31.7 Å². The summed E-state index contributed by atoms with van der Waals surface area (Å²) in [5.41, 5.74) is 1.03. The van der Waals surface area contributed by atoms with Gasteiger partial charge in [0.15, 0.2) is 0 Å². The van der Waals surface area contributed by atoms with E-state index >= 15 is 0 Å². The molecule has 0 bridgehead atoms. The number of fused-ring (bicyclic) bond motifs is 3. The van der Waals surface area contributed by atoms with Crippen LogP contribution in [0, 0.1) is 36.0 Å². The van der Waals surface area contributed by atoms with Gasteiger partial charge in [0.1, 0.15) is 28.4 Å². The summed E-state index contributed by atoms with van der Waals surface area (Å²) in [4.78, 5) is 53.5. The summed E-state index contributed by atoms with van der Waals surface area (Å²) in [5, 5.41) is 15.4. The molecule has 3 aromatic heterocycles. The molecule has 228 valence electrons. The number of alkyl halides is 3. The third-order valence-electron chi connectivity index (χ3n) is 8.17. The lowest BCUT2D eigenvalue weighted by molar-refractivity contribution is -0.177. The van der Waals surface area contributed by atoms with Gasteiger partial charge in [-0.1, -0.05) is 13.3 Å². The number of nitriles is 1. The fourth-order valence-electron chi connectivity index (χ4n) is 5.77. The van der Waals surface area contributed by atoms with Gasteiger partial charge in [0.2, 0.25) is 5.91 Å². The number of aromatic amines is 1. The minimum absolute atomic E-state index is 0.0136. The lowest BCUT2D eigenvalue weighted by atomic mass is 9.85. The van der Waals surface area contributed by atoms with Crippen LogP contribution in [0.25, 0.3) is 10.2 Å². The number of likely N-dealkylation sites (tertiary alicyclic amines) is 1. The van der Waals surface area contributed by atoms with E-state index in [0.29, 0.717) is 50.2 Å². The van der Waals surface area contributed by atoms with Crippen LogP contribution >= 0.6 is 11.3 Å². The molecule has 43 heavy (non-hydrogen) atoms. The molecule has 3 N–H and O–H groups in total. The van der Waals surface area contributed by atoms with Gasteiger partial charge in [-0.3, -0.25) is 14.4 Å². The molecule has 2 amide bonds. The van der Waals surface area contributed by atoms with Crippen LogP contribution in [-0.2, 0) is 17.6 Å². The zero-order valence-electron chi connectivity index (χ0n) is 23.8. The minimum Gasteiger partial charge on any atom is -0.351 e. The van der Waals surface area contributed by atoms with Crippen molar-refractivity contribution in [3.8, 4) is 6.07 Å². The number of aryl methyl sites for hydroxylation is 2. The number of nitrogens with one attached hydrogen (secondary N) is 3. The molecule has 5 rings (SSSR count). The number of thiophene rings is 1. The Morgan fingerprint density at radius 2 is 2.05 bits per heavy atom. The van der Waals surface area contributed by atoms with Crippen LogP contribution < -0.4 is 16.2 Å². The Balaban J connectivity index is 1.29. The highest BCUT2D eigenvalue weighted by atomic mass is 32.1. The molecule has 0 saturated carbocycles. The van der Waals surface area contributed by atoms with Crippen molar-refractivity contribution in [3.05, 3.63) is 44.4 Å². The van der Waals surface area contributed by atoms with Crippen LogP contribution in [-0.4, -0.2) is 57.5 Å². The standard InChI is InChI=1S/C29H32F3N7O3S/c1-3-4-18(29(30,31)32)7-8-34-26(41)23-15(2)9-20(25(40)38-23)37-24-22-19-6-5-17(28(42)39-12-16(11-33)13-39)10-21(19)43-27(22)36-14-35-24/h9,14,16-18H,3-8,10,12-13H2,1-2H3,(H,34,41)(H,38,40)(H,35,36,37)/t17-,18?/m0/s1. The van der Waals surface area contributed by atoms with Crippen molar-refractivity contribution in [1.82, 2.24) is 25.2 Å². The fourth-order valence-corrected chi connectivity index (χ4v) is 7.04. The van der Waals surface area contributed by atoms with Crippen molar-refractivity contribution in [1.29, 1.82) is 5.26 Å². The van der Waals surface area contributed by atoms with Gasteiger partial charge in [0.25, 0.3) is 11.5 Å². The molecule has 1 saturated heterocycles. The number of pyridine rings is 1. The average Bonchev–Trinajstić information content (AvgIpc) is 3.32. The molecule has 10 nitrogen and oxygen atoms in total. The van der Waals surface area contributed by atoms with Crippen LogP contribution in [0.3, 0.4) is 0 Å². The largest absolute Gasteiger partial charge is 0.391 e. The second-order valence-corrected chi connectivity index (χ2v) is 12.3. The highest BCUT2D eigenvalue weighted by Gasteiger charge is 2.39. The first-order valence-corrected chi connectivity index (χ1v) is 15.1. The molecule has 0 spiro atoms. The van der Waals surface area contributed by atoms with Gasteiger partial charge in [0, 0.05) is 30.4 Å². The molecule has 4 heterocycles. The van der Waals surface area contributed by atoms with Gasteiger partial charge >= 0.3 is 6.18 Å². The molecule has 2 atom stereocenters. The normalized spacial score (nSPS) is 17.6. The van der Waals surface area contributed by atoms with Crippen LogP contribution in [0.1, 0.15) is 59.1 Å². The lowest BCUT2D eigenvalue weighted by Gasteiger charge is -2.38. The van der Waals surface area contributed by atoms with E-state index < -0.39 is 23.6 Å². The number of H-pyrrole nitrogens is 1. The number of anilines is 2. The molecule has 1 aliphatic carbocycles. The van der Waals surface area contributed by atoms with Crippen molar-refractivity contribution in [2.45, 2.75) is 58.5 Å². The van der Waals surface area contributed by atoms with Gasteiger partial charge in [0.05, 0.1) is 23.3 Å². The van der Waals surface area contributed by atoms with Crippen LogP contribution in [0.5, 0.6) is 0 Å². The summed E-state index contributed by atoms with van der Waals surface area (Å²) in [6.07, 6.45) is -0.925. The van der Waals surface area contributed by atoms with E-state index in [1.165, 1.54) is 23.7 Å². The van der Waals surface area contributed by atoms with E-state index in [1.54, 1.807) is 18.7 Å². The van der Waals surface area contributed by atoms with Crippen molar-refractivity contribution < 1.29 is 22.8 Å². The Bertz CT molecular complexity index is 1640. The summed E-state index contributed by atoms with van der Waals surface area (Å²) in [6.45, 7) is 4.10. The molecule has 1 aliphatic heterocycles. The zero-order chi connectivity index (χ0) is 30.9. The highest BCUT2D eigenvalue weighted by Crippen LogP contribution is 2.41. The second-order valence-electron chi connectivity index (χ2n) is 11.2. The van der Waals surface area contributed by atoms with Crippen LogP contribution in [0.15, 0.2) is 17.2 Å². The maximum Gasteiger partial charge on any atom is 0.391 e. The van der Waals surface area contributed by atoms with Gasteiger partial charge in [-0.25, -0.2) is 9.97 Å². The number of aromatic nitrogens is 3. The lowest BCUT2D eigenvalue weighted by Crippen LogP contribution is -2.52. The van der Waals surface area contributed by atoms with E-state index in [0.717, 1.165) is 20.7 Å². The molecule has 14 heteroatoms. The van der Waals surface area contributed by atoms with Crippen molar-refractivity contribution >= 4 is 44.9 Å². The molecular weight excluding hydrogens is 583 g/mol. The molecule has 0 aromatic carbocycles. The number of hydrogen-bond donors (Lipinski definition) is 3. The Kier molecular flexibility index (Phi) is 8.73. The first kappa shape index (κ1) is 30.5. The quantitative estimate of drug-likeness (QED) is 0.319. The van der Waals surface area contributed by atoms with E-state index in [9.17, 15) is 27.6 Å². The summed E-state index contributed by atoms with van der Waals surface area (Å²) < 4.78 is 39.5. The first-order valence-electron chi connectivity index (χ1n) is 14.3. The van der Waals surface area contributed by atoms with Gasteiger partial charge in [-0.2, -0.15) is 18.4 Å². The SMILES string of the molecule is CCCC(CCNC(=O)c1[nH]c(=O)c(Nc2ncnc3sc4c(c23)CC[C@H](C(=O)N2CC(C#N)C2)C4)cc1C)C(F)(F)F. The molecule has 3 aromatic rings. The number of amides is 2. The monoisotopic (exact) mass is 615 g/mol. The molecule has 0 radical (unpaired) electrons. The minimum atomic E-state index is -4.33. The summed E-state index contributed by atoms with van der Waals surface area (Å²) in [7, 11) is 0. The molecule has 1 unspecified atom stereocenters. The molecular formula is C29H32F3N7O3S. The maximum atomic E-state index is 13.2. The number of rotatable bonds is 9. The number of hydrogen-bond acceptors (Lipinski definition) is 8. The number of carbonyl (C=O) groups is 2. The number of nitrogens with zero attached hydrogens (tertiary/aromatic N) is 4. The maximum absolute atomic E-state index is 13.2. The van der Waals surface area contributed by atoms with Gasteiger partial charge in [-0.15, -0.1) is 11.3 Å². The zero-order valence-corrected chi connectivity index (χ0v) is 24.6. The summed E-state index contributed by atoms with van der Waals surface area (Å²) in [5.74, 6) is -1.89. The fraction of sp³-hybridized carbons (Fsp3) is 0.517. The predicted molar refractivity (Wildman–Crippen MR) is 155 cm³/mol. The average molecular weight is 616 g/mol. The Labute approximate surface area is 249 Å². The Morgan fingerprint density at radius 1 is 1.28 bits per heavy atom. The predicted octanol–water partition coefficient (Wildman–Crippen LogP) is 4.62. The van der Waals surface area contributed by atoms with Crippen molar-refractivity contribution in [2.75, 3.05) is 25.0 Å². The van der Waals surface area contributed by atoms with Gasteiger partial charge in [-0.05, 0) is 56.2 Å². The number of carbonyl (C=O) groups excluding carboxylic acids is 2.